The van der Waals surface area contributed by atoms with Crippen LogP contribution in [0, 0.1) is 0 Å². The first-order valence-corrected chi connectivity index (χ1v) is 13.4. The first kappa shape index (κ1) is 23.2. The molecule has 1 amide bonds. The van der Waals surface area contributed by atoms with Crippen LogP contribution < -0.4 is 10.1 Å². The van der Waals surface area contributed by atoms with Crippen LogP contribution in [0.15, 0.2) is 75.4 Å². The minimum absolute atomic E-state index is 0.184. The molecule has 8 heteroatoms. The van der Waals surface area contributed by atoms with Gasteiger partial charge in [-0.3, -0.25) is 9.52 Å². The first-order chi connectivity index (χ1) is 15.9. The van der Waals surface area contributed by atoms with E-state index in [0.717, 1.165) is 16.9 Å². The summed E-state index contributed by atoms with van der Waals surface area (Å²) < 4.78 is 27.8. The molecule has 3 aromatic rings. The summed E-state index contributed by atoms with van der Waals surface area (Å²) in [6.45, 7) is 1.83. The molecule has 1 aliphatic carbocycles. The maximum atomic E-state index is 12.8. The van der Waals surface area contributed by atoms with Crippen molar-refractivity contribution in [2.45, 2.75) is 49.2 Å². The number of hydrazone groups is 1. The van der Waals surface area contributed by atoms with Crippen molar-refractivity contribution in [1.82, 2.24) is 5.43 Å². The molecule has 33 heavy (non-hydrogen) atoms. The standard InChI is InChI=1S/C25H27N3O3S2/c1-18(19-13-15-21(16-14-19)20-8-3-2-4-9-20)26-27-25(29)22-10-5-6-11-23(22)28-33(30,31)24-12-7-17-32-24/h5-7,10-17,20,28H,2-4,8-9H2,1H3,(H,27,29). The fourth-order valence-electron chi connectivity index (χ4n) is 4.07. The molecular weight excluding hydrogens is 454 g/mol. The number of carbonyl (C=O) groups is 1. The third-order valence-electron chi connectivity index (χ3n) is 5.91. The van der Waals surface area contributed by atoms with Gasteiger partial charge in [-0.15, -0.1) is 11.3 Å². The molecular formula is C25H27N3O3S2. The maximum Gasteiger partial charge on any atom is 0.273 e. The molecule has 0 bridgehead atoms. The Morgan fingerprint density at radius 2 is 1.70 bits per heavy atom. The van der Waals surface area contributed by atoms with Crippen LogP contribution in [-0.2, 0) is 10.0 Å². The highest BCUT2D eigenvalue weighted by Gasteiger charge is 2.19. The van der Waals surface area contributed by atoms with Gasteiger partial charge in [0.2, 0.25) is 0 Å². The summed E-state index contributed by atoms with van der Waals surface area (Å²) in [6, 6.07) is 18.0. The van der Waals surface area contributed by atoms with Crippen LogP contribution in [0.25, 0.3) is 0 Å². The van der Waals surface area contributed by atoms with Crippen molar-refractivity contribution >= 4 is 38.7 Å². The number of nitrogens with zero attached hydrogens (tertiary/aromatic N) is 1. The Morgan fingerprint density at radius 3 is 2.39 bits per heavy atom. The molecule has 1 aliphatic rings. The van der Waals surface area contributed by atoms with Crippen molar-refractivity contribution in [2.75, 3.05) is 4.72 Å². The highest BCUT2D eigenvalue weighted by Crippen LogP contribution is 2.32. The van der Waals surface area contributed by atoms with E-state index in [9.17, 15) is 13.2 Å². The fourth-order valence-corrected chi connectivity index (χ4v) is 6.15. The zero-order chi connectivity index (χ0) is 23.3. The van der Waals surface area contributed by atoms with Crippen LogP contribution in [0.5, 0.6) is 0 Å². The molecule has 4 rings (SSSR count). The number of benzene rings is 2. The Bertz CT molecular complexity index is 1230. The average Bonchev–Trinajstić information content (AvgIpc) is 3.39. The second kappa shape index (κ2) is 10.3. The van der Waals surface area contributed by atoms with Gasteiger partial charge in [-0.05, 0) is 60.4 Å². The monoisotopic (exact) mass is 481 g/mol. The lowest BCUT2D eigenvalue weighted by molar-refractivity contribution is 0.0955. The molecule has 0 unspecified atom stereocenters. The molecule has 172 valence electrons. The van der Waals surface area contributed by atoms with Crippen molar-refractivity contribution in [1.29, 1.82) is 0 Å². The summed E-state index contributed by atoms with van der Waals surface area (Å²) in [4.78, 5) is 12.8. The van der Waals surface area contributed by atoms with E-state index in [1.807, 2.05) is 19.1 Å². The second-order valence-electron chi connectivity index (χ2n) is 8.18. The van der Waals surface area contributed by atoms with Gasteiger partial charge in [-0.1, -0.05) is 61.7 Å². The van der Waals surface area contributed by atoms with E-state index in [1.165, 1.54) is 43.7 Å². The minimum Gasteiger partial charge on any atom is -0.278 e. The van der Waals surface area contributed by atoms with Crippen LogP contribution >= 0.6 is 11.3 Å². The molecule has 0 saturated heterocycles. The number of hydrogen-bond donors (Lipinski definition) is 2. The molecule has 0 aliphatic heterocycles. The summed E-state index contributed by atoms with van der Waals surface area (Å²) in [6.07, 6.45) is 6.42. The van der Waals surface area contributed by atoms with Crippen molar-refractivity contribution in [3.63, 3.8) is 0 Å². The number of para-hydroxylation sites is 1. The lowest BCUT2D eigenvalue weighted by Gasteiger charge is -2.22. The predicted octanol–water partition coefficient (Wildman–Crippen LogP) is 5.75. The van der Waals surface area contributed by atoms with Gasteiger partial charge >= 0.3 is 0 Å². The van der Waals surface area contributed by atoms with E-state index in [-0.39, 0.29) is 15.5 Å². The zero-order valence-corrected chi connectivity index (χ0v) is 20.1. The summed E-state index contributed by atoms with van der Waals surface area (Å²) in [5.74, 6) is 0.150. The Hall–Kier alpha value is -2.97. The van der Waals surface area contributed by atoms with Gasteiger partial charge in [0.05, 0.1) is 17.0 Å². The summed E-state index contributed by atoms with van der Waals surface area (Å²) >= 11 is 1.11. The van der Waals surface area contributed by atoms with E-state index in [1.54, 1.807) is 35.7 Å². The molecule has 1 fully saturated rings. The van der Waals surface area contributed by atoms with Crippen molar-refractivity contribution < 1.29 is 13.2 Å². The average molecular weight is 482 g/mol. The molecule has 2 N–H and O–H groups in total. The zero-order valence-electron chi connectivity index (χ0n) is 18.5. The Labute approximate surface area is 198 Å². The first-order valence-electron chi connectivity index (χ1n) is 11.0. The van der Waals surface area contributed by atoms with Crippen molar-refractivity contribution in [2.24, 2.45) is 5.10 Å². The number of rotatable bonds is 7. The quantitative estimate of drug-likeness (QED) is 0.333. The van der Waals surface area contributed by atoms with Gasteiger partial charge in [0, 0.05) is 0 Å². The van der Waals surface area contributed by atoms with Crippen LogP contribution in [0.1, 0.15) is 66.4 Å². The number of hydrogen-bond acceptors (Lipinski definition) is 5. The van der Waals surface area contributed by atoms with Gasteiger partial charge in [0.1, 0.15) is 4.21 Å². The number of carbonyl (C=O) groups excluding carboxylic acids is 1. The molecule has 1 aromatic heterocycles. The number of nitrogens with one attached hydrogen (secondary N) is 2. The van der Waals surface area contributed by atoms with Crippen molar-refractivity contribution in [3.05, 3.63) is 82.7 Å². The Balaban J connectivity index is 1.45. The minimum atomic E-state index is -3.76. The number of amides is 1. The highest BCUT2D eigenvalue weighted by atomic mass is 32.2. The smallest absolute Gasteiger partial charge is 0.273 e. The van der Waals surface area contributed by atoms with E-state index >= 15 is 0 Å². The van der Waals surface area contributed by atoms with E-state index in [0.29, 0.717) is 11.6 Å². The highest BCUT2D eigenvalue weighted by molar-refractivity contribution is 7.94. The fraction of sp³-hybridized carbons (Fsp3) is 0.280. The van der Waals surface area contributed by atoms with Crippen molar-refractivity contribution in [3.8, 4) is 0 Å². The second-order valence-corrected chi connectivity index (χ2v) is 11.0. The normalized spacial score (nSPS) is 15.2. The maximum absolute atomic E-state index is 12.8. The van der Waals surface area contributed by atoms with Gasteiger partial charge < -0.3 is 0 Å². The molecule has 1 heterocycles. The largest absolute Gasteiger partial charge is 0.278 e. The summed E-state index contributed by atoms with van der Waals surface area (Å²) in [7, 11) is -3.76. The SMILES string of the molecule is CC(=NNC(=O)c1ccccc1NS(=O)(=O)c1cccs1)c1ccc(C2CCCCC2)cc1. The molecule has 0 spiro atoms. The topological polar surface area (TPSA) is 87.6 Å². The van der Waals surface area contributed by atoms with Crippen LogP contribution in [-0.4, -0.2) is 20.0 Å². The third kappa shape index (κ3) is 5.69. The molecule has 6 nitrogen and oxygen atoms in total. The van der Waals surface area contributed by atoms with Gasteiger partial charge in [0.15, 0.2) is 0 Å². The predicted molar refractivity (Wildman–Crippen MR) is 134 cm³/mol. The third-order valence-corrected chi connectivity index (χ3v) is 8.67. The van der Waals surface area contributed by atoms with Crippen LogP contribution in [0.4, 0.5) is 5.69 Å². The Morgan fingerprint density at radius 1 is 0.970 bits per heavy atom. The molecule has 1 saturated carbocycles. The molecule has 0 radical (unpaired) electrons. The summed E-state index contributed by atoms with van der Waals surface area (Å²) in [5, 5.41) is 5.93. The molecule has 2 aromatic carbocycles. The summed E-state index contributed by atoms with van der Waals surface area (Å²) in [5.41, 5.74) is 5.92. The van der Waals surface area contributed by atoms with E-state index < -0.39 is 15.9 Å². The molecule has 0 atom stereocenters. The van der Waals surface area contributed by atoms with Crippen LogP contribution in [0.3, 0.4) is 0 Å². The van der Waals surface area contributed by atoms with Crippen LogP contribution in [0.2, 0.25) is 0 Å². The van der Waals surface area contributed by atoms with E-state index in [4.69, 9.17) is 0 Å². The van der Waals surface area contributed by atoms with Gasteiger partial charge in [-0.25, -0.2) is 13.8 Å². The van der Waals surface area contributed by atoms with Gasteiger partial charge in [0.25, 0.3) is 15.9 Å². The lowest BCUT2D eigenvalue weighted by atomic mass is 9.84. The number of sulfonamides is 1. The van der Waals surface area contributed by atoms with E-state index in [2.05, 4.69) is 27.4 Å². The number of thiophene rings is 1. The van der Waals surface area contributed by atoms with Gasteiger partial charge in [-0.2, -0.15) is 5.10 Å². The Kier molecular flexibility index (Phi) is 7.25. The lowest BCUT2D eigenvalue weighted by Crippen LogP contribution is -2.22. The number of anilines is 1.